The number of phenols is 1. The predicted octanol–water partition coefficient (Wildman–Crippen LogP) is 0.919. The quantitative estimate of drug-likeness (QED) is 0.0806. The minimum atomic E-state index is -5.02. The van der Waals surface area contributed by atoms with Crippen LogP contribution in [0.4, 0.5) is 17.1 Å². The largest absolute Gasteiger partial charge is 0.504 e. The van der Waals surface area contributed by atoms with Gasteiger partial charge in [0.1, 0.15) is 10.6 Å². The van der Waals surface area contributed by atoms with Crippen LogP contribution < -0.4 is 5.32 Å². The van der Waals surface area contributed by atoms with Crippen molar-refractivity contribution in [3.8, 4) is 5.75 Å². The number of carbonyl (C=O) groups excluding carboxylic acids is 2. The number of nitro benzene ring substituents is 1. The molecule has 0 aliphatic heterocycles. The zero-order valence-corrected chi connectivity index (χ0v) is 22.0. The summed E-state index contributed by atoms with van der Waals surface area (Å²) in [5.41, 5.74) is -0.0847. The molecule has 34 heavy (non-hydrogen) atoms. The molecule has 2 aromatic rings. The molecule has 0 saturated carbocycles. The number of nitrogens with one attached hydrogen (secondary N) is 1. The molecule has 1 unspecified atom stereocenters. The second-order valence-electron chi connectivity index (χ2n) is 6.34. The number of Topliss-reactive ketones (excluding diaryl/α,β-unsaturated/α-hetero) is 1. The summed E-state index contributed by atoms with van der Waals surface area (Å²) in [4.78, 5) is 31.1. The maximum absolute atomic E-state index is 11.9. The van der Waals surface area contributed by atoms with Gasteiger partial charge < -0.3 is 16.1 Å². The Morgan fingerprint density at radius 3 is 2.38 bits per heavy atom. The molecule has 1 atom stereocenters. The molecule has 2 rings (SSSR count). The van der Waals surface area contributed by atoms with Crippen molar-refractivity contribution in [2.45, 2.75) is 31.2 Å². The van der Waals surface area contributed by atoms with Gasteiger partial charge in [-0.05, 0) is 31.0 Å². The number of nitrogens with zero attached hydrogens (tertiary/aromatic N) is 3. The van der Waals surface area contributed by atoms with Crippen LogP contribution in [0.25, 0.3) is 0 Å². The van der Waals surface area contributed by atoms with E-state index in [-0.39, 0.29) is 30.4 Å². The number of ketones is 1. The van der Waals surface area contributed by atoms with E-state index in [1.807, 2.05) is 13.0 Å². The number of azo groups is 1. The van der Waals surface area contributed by atoms with Gasteiger partial charge in [-0.25, -0.2) is 0 Å². The number of aromatic hydroxyl groups is 1. The fourth-order valence-corrected chi connectivity index (χ4v) is 3.11. The average Bonchev–Trinajstić information content (AvgIpc) is 2.68. The number of benzene rings is 2. The van der Waals surface area contributed by atoms with Gasteiger partial charge in [0.05, 0.1) is 4.92 Å². The van der Waals surface area contributed by atoms with Crippen molar-refractivity contribution < 1.29 is 63.0 Å². The molecule has 1 amide bonds. The van der Waals surface area contributed by atoms with Crippen LogP contribution in [-0.2, 0) is 51.8 Å². The van der Waals surface area contributed by atoms with Gasteiger partial charge in [-0.15, -0.1) is 0 Å². The van der Waals surface area contributed by atoms with Gasteiger partial charge in [0.2, 0.25) is 0 Å². The third-order valence-electron chi connectivity index (χ3n) is 4.06. The van der Waals surface area contributed by atoms with E-state index < -0.39 is 54.8 Å². The third-order valence-corrected chi connectivity index (χ3v) is 4.93. The summed E-state index contributed by atoms with van der Waals surface area (Å²) in [6.07, 6.45) is 0.730. The van der Waals surface area contributed by atoms with E-state index in [2.05, 4.69) is 15.5 Å². The molecule has 2 aromatic carbocycles. The average molecular weight is 555 g/mol. The summed E-state index contributed by atoms with van der Waals surface area (Å²) in [6.45, 7) is 3.03. The van der Waals surface area contributed by atoms with Gasteiger partial charge >= 0.3 is 5.91 Å². The smallest absolute Gasteiger partial charge is 0.428 e. The molecule has 0 bridgehead atoms. The SMILES string of the molecule is CCc1cccc(NC(=[OH+])C(N=Nc2cc([N+](=O)[O-])cc(S(=O)(=O)O)c2O)C(C)=O)c1.[OH3+].[OH3+].[Zn]. The first kappa shape index (κ1) is 33.0. The third kappa shape index (κ3) is 8.31. The standard InChI is InChI=1S/C18H18N4O8S.2H2O.Zn/c1-3-11-5-4-6-12(7-11)19-18(25)16(10(2)23)21-20-14-8-13(22(26)27)9-15(17(14)24)31(28,29)30;;;/h4-9,16,24H,3H2,1-2H3,(H,19,25)(H,28,29,30);2*1H2;/p+3. The van der Waals surface area contributed by atoms with Crippen molar-refractivity contribution in [3.63, 3.8) is 0 Å². The van der Waals surface area contributed by atoms with E-state index in [1.54, 1.807) is 18.2 Å². The van der Waals surface area contributed by atoms with Crippen LogP contribution in [0.5, 0.6) is 5.75 Å². The van der Waals surface area contributed by atoms with Crippen molar-refractivity contribution in [1.29, 1.82) is 0 Å². The fraction of sp³-hybridized carbons (Fsp3) is 0.222. The van der Waals surface area contributed by atoms with Crippen molar-refractivity contribution in [2.24, 2.45) is 10.2 Å². The second kappa shape index (κ2) is 13.5. The predicted molar refractivity (Wildman–Crippen MR) is 120 cm³/mol. The summed E-state index contributed by atoms with van der Waals surface area (Å²) in [7, 11) is -5.02. The molecule has 10 N–H and O–H groups in total. The first-order valence-corrected chi connectivity index (χ1v) is 10.2. The van der Waals surface area contributed by atoms with Crippen LogP contribution in [0, 0.1) is 10.1 Å². The Morgan fingerprint density at radius 2 is 1.88 bits per heavy atom. The molecular weight excluding hydrogens is 530 g/mol. The fourth-order valence-electron chi connectivity index (χ4n) is 2.49. The van der Waals surface area contributed by atoms with Crippen molar-refractivity contribution in [1.82, 2.24) is 0 Å². The maximum atomic E-state index is 11.9. The summed E-state index contributed by atoms with van der Waals surface area (Å²) < 4.78 is 31.9. The molecule has 14 nitrogen and oxygen atoms in total. The Hall–Kier alpha value is -3.17. The van der Waals surface area contributed by atoms with Crippen LogP contribution >= 0.6 is 0 Å². The van der Waals surface area contributed by atoms with Gasteiger partial charge in [0.25, 0.3) is 21.8 Å². The minimum absolute atomic E-state index is 0. The van der Waals surface area contributed by atoms with E-state index >= 15 is 0 Å². The van der Waals surface area contributed by atoms with E-state index in [9.17, 15) is 37.8 Å². The molecule has 0 aliphatic rings. The molecule has 0 fully saturated rings. The summed E-state index contributed by atoms with van der Waals surface area (Å²) in [6, 6.07) is 6.53. The Labute approximate surface area is 206 Å². The minimum Gasteiger partial charge on any atom is -0.504 e. The van der Waals surface area contributed by atoms with E-state index in [1.165, 1.54) is 0 Å². The topological polar surface area (TPSA) is 259 Å². The molecule has 16 heteroatoms. The molecule has 0 heterocycles. The molecular formula is C18H25N4O10SZn+3. The monoisotopic (exact) mass is 553 g/mol. The molecule has 0 saturated heterocycles. The Balaban J connectivity index is 0. The van der Waals surface area contributed by atoms with Crippen LogP contribution in [0.1, 0.15) is 19.4 Å². The molecule has 0 spiro atoms. The van der Waals surface area contributed by atoms with Gasteiger partial charge in [-0.2, -0.15) is 18.6 Å². The van der Waals surface area contributed by atoms with Gasteiger partial charge in [0.15, 0.2) is 11.5 Å². The second-order valence-corrected chi connectivity index (χ2v) is 7.73. The van der Waals surface area contributed by atoms with Gasteiger partial charge in [-0.3, -0.25) is 29.6 Å². The Bertz CT molecular complexity index is 1190. The number of hydrogen-bond acceptors (Lipinski definition) is 8. The number of amides is 1. The number of rotatable bonds is 8. The number of hydrogen-bond donors (Lipinski definition) is 3. The Kier molecular flexibility index (Phi) is 13.1. The van der Waals surface area contributed by atoms with E-state index in [0.717, 1.165) is 18.9 Å². The number of nitro groups is 1. The van der Waals surface area contributed by atoms with Crippen LogP contribution in [-0.4, -0.2) is 45.5 Å². The first-order valence-electron chi connectivity index (χ1n) is 8.76. The number of phenolic OH excluding ortho intramolecular Hbond substituents is 1. The zero-order chi connectivity index (χ0) is 23.3. The summed E-state index contributed by atoms with van der Waals surface area (Å²) in [5.74, 6) is -2.38. The number of non-ortho nitro benzene ring substituents is 1. The number of carbonyl (C=O) groups is 1. The Morgan fingerprint density at radius 1 is 1.26 bits per heavy atom. The summed E-state index contributed by atoms with van der Waals surface area (Å²) in [5, 5.41) is 30.7. The van der Waals surface area contributed by atoms with Crippen molar-refractivity contribution >= 4 is 38.9 Å². The van der Waals surface area contributed by atoms with Crippen LogP contribution in [0.3, 0.4) is 0 Å². The number of aryl methyl sites for hydroxylation is 1. The van der Waals surface area contributed by atoms with E-state index in [4.69, 9.17) is 0 Å². The molecule has 182 valence electrons. The van der Waals surface area contributed by atoms with Crippen LogP contribution in [0.2, 0.25) is 0 Å². The molecule has 0 aromatic heterocycles. The molecule has 0 radical (unpaired) electrons. The van der Waals surface area contributed by atoms with E-state index in [0.29, 0.717) is 17.8 Å². The van der Waals surface area contributed by atoms with Gasteiger partial charge in [0, 0.05) is 37.3 Å². The first-order chi connectivity index (χ1) is 14.4. The zero-order valence-electron chi connectivity index (χ0n) is 18.2. The summed E-state index contributed by atoms with van der Waals surface area (Å²) >= 11 is 0. The van der Waals surface area contributed by atoms with Gasteiger partial charge in [-0.1, -0.05) is 19.1 Å². The molecule has 0 aliphatic carbocycles. The maximum Gasteiger partial charge on any atom is 0.428 e. The van der Waals surface area contributed by atoms with Crippen molar-refractivity contribution in [2.75, 3.05) is 5.32 Å². The van der Waals surface area contributed by atoms with Crippen molar-refractivity contribution in [3.05, 3.63) is 52.1 Å². The normalized spacial score (nSPS) is 11.4. The number of anilines is 1. The van der Waals surface area contributed by atoms with Crippen LogP contribution in [0.15, 0.2) is 51.5 Å².